The van der Waals surface area contributed by atoms with Gasteiger partial charge >= 0.3 is 5.97 Å². The standard InChI is InChI=1S/C12H10Cl2N2O2/c1-8(17)18-12(14)7-15-10(16-11(12)13)9-5-3-2-4-6-9/h2-7,11H,1H3. The minimum absolute atomic E-state index is 0.457. The Bertz CT molecular complexity index is 516. The van der Waals surface area contributed by atoms with Gasteiger partial charge in [-0.05, 0) is 0 Å². The van der Waals surface area contributed by atoms with Gasteiger partial charge in [0.15, 0.2) is 11.3 Å². The van der Waals surface area contributed by atoms with E-state index in [4.69, 9.17) is 27.9 Å². The van der Waals surface area contributed by atoms with Crippen molar-refractivity contribution in [3.8, 4) is 0 Å². The highest BCUT2D eigenvalue weighted by Crippen LogP contribution is 2.29. The first-order chi connectivity index (χ1) is 8.51. The Morgan fingerprint density at radius 3 is 2.61 bits per heavy atom. The fourth-order valence-electron chi connectivity index (χ4n) is 1.47. The zero-order chi connectivity index (χ0) is 13.2. The second kappa shape index (κ2) is 5.08. The number of alkyl halides is 2. The maximum atomic E-state index is 10.9. The van der Waals surface area contributed by atoms with Crippen LogP contribution in [0.3, 0.4) is 0 Å². The van der Waals surface area contributed by atoms with E-state index in [1.165, 1.54) is 13.1 Å². The van der Waals surface area contributed by atoms with Crippen LogP contribution in [0.1, 0.15) is 12.5 Å². The molecule has 1 aliphatic heterocycles. The summed E-state index contributed by atoms with van der Waals surface area (Å²) in [6.07, 6.45) is 1.29. The van der Waals surface area contributed by atoms with Crippen LogP contribution in [0.2, 0.25) is 0 Å². The quantitative estimate of drug-likeness (QED) is 0.476. The normalized spacial score (nSPS) is 26.6. The number of aliphatic imine (C=N–C) groups is 2. The molecule has 0 saturated carbocycles. The summed E-state index contributed by atoms with van der Waals surface area (Å²) in [6, 6.07) is 9.33. The molecule has 0 fully saturated rings. The second-order valence-electron chi connectivity index (χ2n) is 3.70. The van der Waals surface area contributed by atoms with Gasteiger partial charge in [0.05, 0.1) is 6.21 Å². The molecular formula is C12H10Cl2N2O2. The molecule has 2 unspecified atom stereocenters. The molecule has 6 heteroatoms. The van der Waals surface area contributed by atoms with Gasteiger partial charge in [-0.25, -0.2) is 9.98 Å². The molecule has 1 heterocycles. The number of hydrogen-bond acceptors (Lipinski definition) is 4. The van der Waals surface area contributed by atoms with Crippen LogP contribution in [0.4, 0.5) is 0 Å². The van der Waals surface area contributed by atoms with E-state index in [1.807, 2.05) is 30.3 Å². The van der Waals surface area contributed by atoms with E-state index in [1.54, 1.807) is 0 Å². The van der Waals surface area contributed by atoms with Crippen molar-refractivity contribution in [3.05, 3.63) is 35.9 Å². The van der Waals surface area contributed by atoms with Crippen LogP contribution in [0.5, 0.6) is 0 Å². The molecule has 1 aromatic rings. The molecule has 0 radical (unpaired) electrons. The maximum Gasteiger partial charge on any atom is 0.304 e. The zero-order valence-corrected chi connectivity index (χ0v) is 11.0. The van der Waals surface area contributed by atoms with Crippen molar-refractivity contribution in [3.63, 3.8) is 0 Å². The van der Waals surface area contributed by atoms with Crippen molar-refractivity contribution in [1.82, 2.24) is 0 Å². The second-order valence-corrected chi connectivity index (χ2v) is 4.71. The average molecular weight is 285 g/mol. The molecule has 18 heavy (non-hydrogen) atoms. The third-order valence-corrected chi connectivity index (χ3v) is 3.17. The van der Waals surface area contributed by atoms with Gasteiger partial charge in [-0.15, -0.1) is 0 Å². The van der Waals surface area contributed by atoms with Gasteiger partial charge in [-0.3, -0.25) is 4.79 Å². The van der Waals surface area contributed by atoms with Crippen molar-refractivity contribution >= 4 is 41.2 Å². The number of benzene rings is 1. The summed E-state index contributed by atoms with van der Waals surface area (Å²) in [5.74, 6) is -0.0838. The highest BCUT2D eigenvalue weighted by molar-refractivity contribution is 6.39. The Morgan fingerprint density at radius 1 is 1.39 bits per heavy atom. The molecule has 94 valence electrons. The van der Waals surface area contributed by atoms with Crippen LogP contribution in [-0.2, 0) is 9.53 Å². The molecule has 1 aromatic carbocycles. The predicted molar refractivity (Wildman–Crippen MR) is 71.5 cm³/mol. The van der Waals surface area contributed by atoms with Crippen LogP contribution in [0.25, 0.3) is 0 Å². The van der Waals surface area contributed by atoms with Gasteiger partial charge < -0.3 is 4.74 Å². The summed E-state index contributed by atoms with van der Waals surface area (Å²) < 4.78 is 4.91. The summed E-state index contributed by atoms with van der Waals surface area (Å²) in [7, 11) is 0. The number of nitrogens with zero attached hydrogens (tertiary/aromatic N) is 2. The first-order valence-corrected chi connectivity index (χ1v) is 6.04. The number of hydrogen-bond donors (Lipinski definition) is 0. The van der Waals surface area contributed by atoms with E-state index in [2.05, 4.69) is 9.98 Å². The summed E-state index contributed by atoms with van der Waals surface area (Å²) in [5.41, 5.74) is -0.100. The van der Waals surface area contributed by atoms with Crippen molar-refractivity contribution in [2.45, 2.75) is 17.5 Å². The van der Waals surface area contributed by atoms with Gasteiger partial charge in [0.2, 0.25) is 0 Å². The van der Waals surface area contributed by atoms with Crippen LogP contribution in [0, 0.1) is 0 Å². The molecule has 1 aliphatic rings. The molecule has 4 nitrogen and oxygen atoms in total. The first kappa shape index (κ1) is 13.1. The van der Waals surface area contributed by atoms with E-state index in [0.717, 1.165) is 5.56 Å². The lowest BCUT2D eigenvalue weighted by atomic mass is 10.2. The fourth-order valence-corrected chi connectivity index (χ4v) is 1.87. The Kier molecular flexibility index (Phi) is 3.68. The molecule has 0 bridgehead atoms. The van der Waals surface area contributed by atoms with E-state index >= 15 is 0 Å². The summed E-state index contributed by atoms with van der Waals surface area (Å²) >= 11 is 12.1. The highest BCUT2D eigenvalue weighted by atomic mass is 35.5. The van der Waals surface area contributed by atoms with E-state index in [0.29, 0.717) is 5.84 Å². The molecular weight excluding hydrogens is 275 g/mol. The number of ether oxygens (including phenoxy) is 1. The number of amidine groups is 1. The zero-order valence-electron chi connectivity index (χ0n) is 9.51. The van der Waals surface area contributed by atoms with E-state index in [9.17, 15) is 4.79 Å². The summed E-state index contributed by atoms with van der Waals surface area (Å²) in [5, 5.41) is -1.52. The Balaban J connectivity index is 2.25. The lowest BCUT2D eigenvalue weighted by Gasteiger charge is -2.27. The molecule has 0 N–H and O–H groups in total. The topological polar surface area (TPSA) is 51.0 Å². The van der Waals surface area contributed by atoms with Crippen LogP contribution < -0.4 is 0 Å². The number of esters is 1. The van der Waals surface area contributed by atoms with Crippen LogP contribution in [-0.4, -0.2) is 28.6 Å². The third kappa shape index (κ3) is 2.71. The van der Waals surface area contributed by atoms with Gasteiger partial charge in [0, 0.05) is 12.5 Å². The Labute approximate surface area is 114 Å². The smallest absolute Gasteiger partial charge is 0.304 e. The number of carbonyl (C=O) groups excluding carboxylic acids is 1. The maximum absolute atomic E-state index is 10.9. The average Bonchev–Trinajstić information content (AvgIpc) is 2.33. The molecule has 0 aliphatic carbocycles. The highest BCUT2D eigenvalue weighted by Gasteiger charge is 2.40. The molecule has 0 saturated heterocycles. The van der Waals surface area contributed by atoms with Gasteiger partial charge in [0.25, 0.3) is 5.06 Å². The fraction of sp³-hybridized carbons (Fsp3) is 0.250. The van der Waals surface area contributed by atoms with Crippen molar-refractivity contribution < 1.29 is 9.53 Å². The van der Waals surface area contributed by atoms with Crippen molar-refractivity contribution in [2.24, 2.45) is 9.98 Å². The van der Waals surface area contributed by atoms with Crippen LogP contribution in [0.15, 0.2) is 40.3 Å². The molecule has 0 spiro atoms. The SMILES string of the molecule is CC(=O)OC1(Cl)C=NC(c2ccccc2)=NC1Cl. The van der Waals surface area contributed by atoms with Crippen LogP contribution >= 0.6 is 23.2 Å². The lowest BCUT2D eigenvalue weighted by Crippen LogP contribution is -2.41. The minimum atomic E-state index is -1.52. The monoisotopic (exact) mass is 284 g/mol. The first-order valence-electron chi connectivity index (χ1n) is 5.22. The minimum Gasteiger partial charge on any atom is -0.434 e. The van der Waals surface area contributed by atoms with Gasteiger partial charge in [0.1, 0.15) is 0 Å². The Hall–Kier alpha value is -1.39. The molecule has 2 rings (SSSR count). The number of rotatable bonds is 2. The molecule has 0 amide bonds. The largest absolute Gasteiger partial charge is 0.434 e. The Morgan fingerprint density at radius 2 is 2.06 bits per heavy atom. The lowest BCUT2D eigenvalue weighted by molar-refractivity contribution is -0.145. The van der Waals surface area contributed by atoms with Crippen molar-refractivity contribution in [1.29, 1.82) is 0 Å². The number of carbonyl (C=O) groups is 1. The number of halogens is 2. The summed E-state index contributed by atoms with van der Waals surface area (Å²) in [6.45, 7) is 1.25. The van der Waals surface area contributed by atoms with Gasteiger partial charge in [-0.1, -0.05) is 53.5 Å². The van der Waals surface area contributed by atoms with Gasteiger partial charge in [-0.2, -0.15) is 0 Å². The summed E-state index contributed by atoms with van der Waals surface area (Å²) in [4.78, 5) is 19.2. The van der Waals surface area contributed by atoms with E-state index < -0.39 is 16.5 Å². The molecule has 2 atom stereocenters. The third-order valence-electron chi connectivity index (χ3n) is 2.26. The van der Waals surface area contributed by atoms with Crippen molar-refractivity contribution in [2.75, 3.05) is 0 Å². The molecule has 0 aromatic heterocycles. The predicted octanol–water partition coefficient (Wildman–Crippen LogP) is 2.58. The van der Waals surface area contributed by atoms with E-state index in [-0.39, 0.29) is 0 Å².